The molecule has 0 saturated heterocycles. The van der Waals surface area contributed by atoms with Crippen LogP contribution in [0.3, 0.4) is 0 Å². The van der Waals surface area contributed by atoms with E-state index in [1.54, 1.807) is 0 Å². The van der Waals surface area contributed by atoms with Crippen molar-refractivity contribution in [3.63, 3.8) is 0 Å². The lowest BCUT2D eigenvalue weighted by Gasteiger charge is -2.00. The van der Waals surface area contributed by atoms with E-state index in [1.165, 1.54) is 7.05 Å². The van der Waals surface area contributed by atoms with Crippen LogP contribution in [0.4, 0.5) is 9.28 Å². The highest BCUT2D eigenvalue weighted by molar-refractivity contribution is 5.72. The molecule has 0 fully saturated rings. The van der Waals surface area contributed by atoms with Crippen molar-refractivity contribution in [3.8, 4) is 0 Å². The van der Waals surface area contributed by atoms with Gasteiger partial charge in [0.1, 0.15) is 0 Å². The Bertz CT molecular complexity index is 73.3. The first-order chi connectivity index (χ1) is 3.18. The fourth-order valence-electron chi connectivity index (χ4n) is 0.154. The van der Waals surface area contributed by atoms with Crippen molar-refractivity contribution >= 4 is 6.03 Å². The number of hydrogen-bond donors (Lipinski definition) is 1. The normalized spacial score (nSPS) is 7.86. The van der Waals surface area contributed by atoms with E-state index in [1.807, 2.05) is 0 Å². The highest BCUT2D eigenvalue weighted by atomic mass is 19.2. The summed E-state index contributed by atoms with van der Waals surface area (Å²) in [6, 6.07) is -0.736. The monoisotopic (exact) mass is 106 g/mol. The van der Waals surface area contributed by atoms with Gasteiger partial charge in [-0.05, 0) is 0 Å². The molecular formula is C3H7FN2O. The molecule has 0 rings (SSSR count). The topological polar surface area (TPSA) is 32.3 Å². The maximum atomic E-state index is 11.5. The molecule has 7 heavy (non-hydrogen) atoms. The van der Waals surface area contributed by atoms with Crippen LogP contribution in [0.1, 0.15) is 0 Å². The Hall–Kier alpha value is -0.800. The van der Waals surface area contributed by atoms with E-state index in [-0.39, 0.29) is 5.12 Å². The molecule has 0 bridgehead atoms. The van der Waals surface area contributed by atoms with Crippen molar-refractivity contribution in [1.82, 2.24) is 10.4 Å². The lowest BCUT2D eigenvalue weighted by molar-refractivity contribution is 0.0953. The number of nitrogens with one attached hydrogen (secondary N) is 1. The average Bonchev–Trinajstić information content (AvgIpc) is 1.65. The summed E-state index contributed by atoms with van der Waals surface area (Å²) in [5.74, 6) is 0. The maximum Gasteiger partial charge on any atom is 0.344 e. The number of hydrogen-bond acceptors (Lipinski definition) is 1. The van der Waals surface area contributed by atoms with Gasteiger partial charge >= 0.3 is 6.03 Å². The van der Waals surface area contributed by atoms with E-state index in [2.05, 4.69) is 5.32 Å². The second-order valence-corrected chi connectivity index (χ2v) is 1.03. The van der Waals surface area contributed by atoms with Gasteiger partial charge in [0.15, 0.2) is 0 Å². The van der Waals surface area contributed by atoms with Gasteiger partial charge in [0.2, 0.25) is 0 Å². The second kappa shape index (κ2) is 2.39. The molecule has 0 saturated carbocycles. The van der Waals surface area contributed by atoms with Crippen molar-refractivity contribution in [2.24, 2.45) is 0 Å². The molecule has 3 nitrogen and oxygen atoms in total. The zero-order valence-corrected chi connectivity index (χ0v) is 4.23. The van der Waals surface area contributed by atoms with E-state index < -0.39 is 6.03 Å². The molecule has 4 heteroatoms. The number of rotatable bonds is 0. The predicted octanol–water partition coefficient (Wildman–Crippen LogP) is 0.142. The van der Waals surface area contributed by atoms with Crippen molar-refractivity contribution in [2.45, 2.75) is 0 Å². The van der Waals surface area contributed by atoms with Gasteiger partial charge in [-0.2, -0.15) is 5.12 Å². The van der Waals surface area contributed by atoms with Crippen LogP contribution < -0.4 is 5.32 Å². The van der Waals surface area contributed by atoms with Crippen molar-refractivity contribution in [2.75, 3.05) is 14.1 Å². The van der Waals surface area contributed by atoms with Crippen LogP contribution in [-0.2, 0) is 0 Å². The Balaban J connectivity index is 3.35. The number of halogens is 1. The smallest absolute Gasteiger partial charge is 0.339 e. The molecule has 0 aliphatic rings. The maximum absolute atomic E-state index is 11.5. The standard InChI is InChI=1S/C3H7FN2O/c1-5-3(7)6(2)4/h1-2H3,(H,5,7). The van der Waals surface area contributed by atoms with E-state index >= 15 is 0 Å². The van der Waals surface area contributed by atoms with Gasteiger partial charge in [0.05, 0.1) is 0 Å². The first kappa shape index (κ1) is 6.20. The lowest BCUT2D eigenvalue weighted by atomic mass is 10.9. The molecule has 0 aromatic heterocycles. The number of urea groups is 1. The van der Waals surface area contributed by atoms with Gasteiger partial charge in [-0.1, -0.05) is 4.48 Å². The Labute approximate surface area is 41.0 Å². The fourth-order valence-corrected chi connectivity index (χ4v) is 0.154. The minimum atomic E-state index is -0.736. The van der Waals surface area contributed by atoms with Gasteiger partial charge in [-0.15, -0.1) is 0 Å². The minimum absolute atomic E-state index is 0.0278. The summed E-state index contributed by atoms with van der Waals surface area (Å²) in [7, 11) is 2.39. The van der Waals surface area contributed by atoms with E-state index in [0.29, 0.717) is 0 Å². The largest absolute Gasteiger partial charge is 0.344 e. The van der Waals surface area contributed by atoms with E-state index in [9.17, 15) is 9.28 Å². The summed E-state index contributed by atoms with van der Waals surface area (Å²) in [5, 5.41) is 2.05. The first-order valence-corrected chi connectivity index (χ1v) is 1.79. The number of carbonyl (C=O) groups excluding carboxylic acids is 1. The molecule has 0 aromatic rings. The van der Waals surface area contributed by atoms with Gasteiger partial charge in [0.25, 0.3) is 0 Å². The molecule has 0 spiro atoms. The van der Waals surface area contributed by atoms with Crippen LogP contribution in [0.2, 0.25) is 0 Å². The first-order valence-electron chi connectivity index (χ1n) is 1.79. The molecule has 0 aliphatic heterocycles. The van der Waals surface area contributed by atoms with Crippen molar-refractivity contribution in [1.29, 1.82) is 0 Å². The highest BCUT2D eigenvalue weighted by Gasteiger charge is 1.99. The lowest BCUT2D eigenvalue weighted by Crippen LogP contribution is -2.28. The SMILES string of the molecule is CNC(=O)N(C)F. The van der Waals surface area contributed by atoms with Crippen LogP contribution >= 0.6 is 0 Å². The molecule has 0 unspecified atom stereocenters. The minimum Gasteiger partial charge on any atom is -0.339 e. The third kappa shape index (κ3) is 1.97. The highest BCUT2D eigenvalue weighted by Crippen LogP contribution is 1.78. The summed E-state index contributed by atoms with van der Waals surface area (Å²) in [6.45, 7) is 0. The Morgan fingerprint density at radius 2 is 2.29 bits per heavy atom. The molecule has 0 radical (unpaired) electrons. The molecule has 1 N–H and O–H groups in total. The van der Waals surface area contributed by atoms with Crippen molar-refractivity contribution in [3.05, 3.63) is 0 Å². The van der Waals surface area contributed by atoms with Gasteiger partial charge in [-0.3, -0.25) is 0 Å². The zero-order chi connectivity index (χ0) is 5.86. The molecular weight excluding hydrogens is 99.0 g/mol. The molecule has 0 atom stereocenters. The van der Waals surface area contributed by atoms with Crippen LogP contribution in [-0.4, -0.2) is 25.2 Å². The number of nitrogens with zero attached hydrogens (tertiary/aromatic N) is 1. The van der Waals surface area contributed by atoms with Gasteiger partial charge in [0, 0.05) is 14.1 Å². The second-order valence-electron chi connectivity index (χ2n) is 1.03. The molecule has 2 amide bonds. The third-order valence-corrected chi connectivity index (χ3v) is 0.494. The summed E-state index contributed by atoms with van der Waals surface area (Å²) < 4.78 is 11.5. The predicted molar refractivity (Wildman–Crippen MR) is 23.3 cm³/mol. The molecule has 42 valence electrons. The van der Waals surface area contributed by atoms with Gasteiger partial charge < -0.3 is 5.32 Å². The molecule has 0 heterocycles. The quantitative estimate of drug-likeness (QED) is 0.438. The average molecular weight is 106 g/mol. The van der Waals surface area contributed by atoms with Crippen LogP contribution in [0.15, 0.2) is 0 Å². The molecule has 0 aliphatic carbocycles. The Kier molecular flexibility index (Phi) is 2.11. The van der Waals surface area contributed by atoms with E-state index in [0.717, 1.165) is 7.05 Å². The summed E-state index contributed by atoms with van der Waals surface area (Å²) in [6.07, 6.45) is 0. The zero-order valence-electron chi connectivity index (χ0n) is 4.23. The Morgan fingerprint density at radius 1 is 1.86 bits per heavy atom. The summed E-state index contributed by atoms with van der Waals surface area (Å²) in [4.78, 5) is 9.95. The van der Waals surface area contributed by atoms with Crippen LogP contribution in [0, 0.1) is 0 Å². The Morgan fingerprint density at radius 3 is 2.29 bits per heavy atom. The molecule has 0 aromatic carbocycles. The number of amides is 2. The number of carbonyl (C=O) groups is 1. The fraction of sp³-hybridized carbons (Fsp3) is 0.667. The summed E-state index contributed by atoms with van der Waals surface area (Å²) >= 11 is 0. The van der Waals surface area contributed by atoms with Crippen LogP contribution in [0.5, 0.6) is 0 Å². The summed E-state index contributed by atoms with van der Waals surface area (Å²) in [5.41, 5.74) is 0. The van der Waals surface area contributed by atoms with Gasteiger partial charge in [-0.25, -0.2) is 4.79 Å². The van der Waals surface area contributed by atoms with Crippen LogP contribution in [0.25, 0.3) is 0 Å². The van der Waals surface area contributed by atoms with Crippen molar-refractivity contribution < 1.29 is 9.28 Å². The third-order valence-electron chi connectivity index (χ3n) is 0.494. The van der Waals surface area contributed by atoms with E-state index in [4.69, 9.17) is 0 Å².